The highest BCUT2D eigenvalue weighted by atomic mass is 35.5. The number of amides is 1. The molecule has 1 saturated heterocycles. The molecule has 0 bridgehead atoms. The minimum atomic E-state index is -3.32. The summed E-state index contributed by atoms with van der Waals surface area (Å²) in [5, 5.41) is 0.253. The molecule has 2 aromatic carbocycles. The van der Waals surface area contributed by atoms with Gasteiger partial charge in [0.05, 0.1) is 10.1 Å². The zero-order valence-electron chi connectivity index (χ0n) is 14.5. The van der Waals surface area contributed by atoms with Crippen LogP contribution in [0.15, 0.2) is 59.5 Å². The summed E-state index contributed by atoms with van der Waals surface area (Å²) in [6, 6.07) is 16.1. The Morgan fingerprint density at radius 1 is 1.04 bits per heavy atom. The van der Waals surface area contributed by atoms with Crippen molar-refractivity contribution in [1.82, 2.24) is 4.90 Å². The Morgan fingerprint density at radius 3 is 2.38 bits per heavy atom. The molecule has 138 valence electrons. The Labute approximate surface area is 159 Å². The summed E-state index contributed by atoms with van der Waals surface area (Å²) in [5.74, 6) is 0.0699. The van der Waals surface area contributed by atoms with Crippen molar-refractivity contribution in [3.63, 3.8) is 0 Å². The van der Waals surface area contributed by atoms with E-state index in [1.165, 1.54) is 0 Å². The third kappa shape index (κ3) is 4.46. The fourth-order valence-electron chi connectivity index (χ4n) is 3.32. The van der Waals surface area contributed by atoms with E-state index < -0.39 is 15.1 Å². The van der Waals surface area contributed by atoms with Crippen LogP contribution in [0, 0.1) is 0 Å². The first-order valence-corrected chi connectivity index (χ1v) is 10.7. The monoisotopic (exact) mass is 391 g/mol. The number of halogens is 1. The predicted molar refractivity (Wildman–Crippen MR) is 103 cm³/mol. The largest absolute Gasteiger partial charge is 0.343 e. The van der Waals surface area contributed by atoms with Gasteiger partial charge in [-0.1, -0.05) is 41.9 Å². The summed E-state index contributed by atoms with van der Waals surface area (Å²) >= 11 is 5.97. The van der Waals surface area contributed by atoms with E-state index in [2.05, 4.69) is 0 Å². The second kappa shape index (κ2) is 8.23. The molecule has 0 aromatic heterocycles. The summed E-state index contributed by atoms with van der Waals surface area (Å²) in [4.78, 5) is 14.6. The number of hydrogen-bond donors (Lipinski definition) is 0. The van der Waals surface area contributed by atoms with Crippen LogP contribution < -0.4 is 0 Å². The number of carbonyl (C=O) groups is 1. The van der Waals surface area contributed by atoms with Crippen LogP contribution in [0.25, 0.3) is 0 Å². The molecule has 0 spiro atoms. The van der Waals surface area contributed by atoms with Gasteiger partial charge >= 0.3 is 0 Å². The number of benzene rings is 2. The topological polar surface area (TPSA) is 54.5 Å². The molecule has 1 aliphatic rings. The van der Waals surface area contributed by atoms with Crippen molar-refractivity contribution in [2.75, 3.05) is 13.1 Å². The molecule has 1 fully saturated rings. The zero-order chi connectivity index (χ0) is 18.6. The Morgan fingerprint density at radius 2 is 1.73 bits per heavy atom. The second-order valence-electron chi connectivity index (χ2n) is 6.57. The highest BCUT2D eigenvalue weighted by Gasteiger charge is 2.32. The highest BCUT2D eigenvalue weighted by molar-refractivity contribution is 7.92. The van der Waals surface area contributed by atoms with Crippen molar-refractivity contribution in [2.24, 2.45) is 0 Å². The molecular formula is C20H22ClNO3S. The highest BCUT2D eigenvalue weighted by Crippen LogP contribution is 2.25. The molecule has 1 amide bonds. The van der Waals surface area contributed by atoms with Crippen LogP contribution in [-0.4, -0.2) is 37.6 Å². The van der Waals surface area contributed by atoms with Gasteiger partial charge in [0.15, 0.2) is 9.84 Å². The fraction of sp³-hybridized carbons (Fsp3) is 0.350. The van der Waals surface area contributed by atoms with E-state index in [0.29, 0.717) is 48.7 Å². The lowest BCUT2D eigenvalue weighted by Gasteiger charge is -2.32. The molecule has 4 nitrogen and oxygen atoms in total. The van der Waals surface area contributed by atoms with E-state index in [1.807, 2.05) is 24.3 Å². The van der Waals surface area contributed by atoms with Crippen molar-refractivity contribution >= 4 is 27.3 Å². The van der Waals surface area contributed by atoms with E-state index >= 15 is 0 Å². The first-order valence-electron chi connectivity index (χ1n) is 8.78. The van der Waals surface area contributed by atoms with Crippen LogP contribution in [0.4, 0.5) is 0 Å². The van der Waals surface area contributed by atoms with Crippen LogP contribution in [0.1, 0.15) is 24.8 Å². The lowest BCUT2D eigenvalue weighted by molar-refractivity contribution is -0.132. The lowest BCUT2D eigenvalue weighted by Crippen LogP contribution is -2.42. The fourth-order valence-corrected chi connectivity index (χ4v) is 5.29. The van der Waals surface area contributed by atoms with Crippen molar-refractivity contribution in [1.29, 1.82) is 0 Å². The van der Waals surface area contributed by atoms with Gasteiger partial charge in [-0.15, -0.1) is 0 Å². The van der Waals surface area contributed by atoms with Gasteiger partial charge in [-0.25, -0.2) is 8.42 Å². The number of hydrogen-bond acceptors (Lipinski definition) is 3. The first-order chi connectivity index (χ1) is 12.5. The number of piperidine rings is 1. The van der Waals surface area contributed by atoms with Gasteiger partial charge in [0.25, 0.3) is 0 Å². The van der Waals surface area contributed by atoms with Gasteiger partial charge in [-0.2, -0.15) is 0 Å². The molecule has 0 unspecified atom stereocenters. The number of rotatable bonds is 5. The molecule has 0 saturated carbocycles. The molecule has 26 heavy (non-hydrogen) atoms. The Hall–Kier alpha value is -1.85. The zero-order valence-corrected chi connectivity index (χ0v) is 16.0. The van der Waals surface area contributed by atoms with Gasteiger partial charge in [0.2, 0.25) is 5.91 Å². The SMILES string of the molecule is O=C(CCc1cccc(Cl)c1)N1CCC(S(=O)(=O)c2ccccc2)CC1. The van der Waals surface area contributed by atoms with Gasteiger partial charge in [0, 0.05) is 24.5 Å². The average Bonchev–Trinajstić information content (AvgIpc) is 2.67. The van der Waals surface area contributed by atoms with Crippen molar-refractivity contribution in [2.45, 2.75) is 35.8 Å². The maximum absolute atomic E-state index is 12.7. The van der Waals surface area contributed by atoms with E-state index in [0.717, 1.165) is 5.56 Å². The van der Waals surface area contributed by atoms with E-state index in [-0.39, 0.29) is 5.91 Å². The maximum Gasteiger partial charge on any atom is 0.222 e. The summed E-state index contributed by atoms with van der Waals surface area (Å²) in [7, 11) is -3.32. The molecule has 0 radical (unpaired) electrons. The Bertz CT molecular complexity index is 860. The van der Waals surface area contributed by atoms with Crippen LogP contribution in [-0.2, 0) is 21.1 Å². The number of likely N-dealkylation sites (tertiary alicyclic amines) is 1. The third-order valence-electron chi connectivity index (χ3n) is 4.82. The molecule has 6 heteroatoms. The number of carbonyl (C=O) groups excluding carboxylic acids is 1. The van der Waals surface area contributed by atoms with Gasteiger partial charge in [-0.05, 0) is 49.1 Å². The van der Waals surface area contributed by atoms with Crippen molar-refractivity contribution < 1.29 is 13.2 Å². The second-order valence-corrected chi connectivity index (χ2v) is 9.23. The predicted octanol–water partition coefficient (Wildman–Crippen LogP) is 3.74. The lowest BCUT2D eigenvalue weighted by atomic mass is 10.1. The van der Waals surface area contributed by atoms with Crippen LogP contribution in [0.3, 0.4) is 0 Å². The van der Waals surface area contributed by atoms with Crippen LogP contribution >= 0.6 is 11.6 Å². The Kier molecular flexibility index (Phi) is 5.99. The summed E-state index contributed by atoms with van der Waals surface area (Å²) in [6.45, 7) is 0.982. The minimum absolute atomic E-state index is 0.0699. The third-order valence-corrected chi connectivity index (χ3v) is 7.34. The van der Waals surface area contributed by atoms with Gasteiger partial charge in [-0.3, -0.25) is 4.79 Å². The van der Waals surface area contributed by atoms with Gasteiger partial charge in [0.1, 0.15) is 0 Å². The number of nitrogens with zero attached hydrogens (tertiary/aromatic N) is 1. The number of aryl methyl sites for hydroxylation is 1. The smallest absolute Gasteiger partial charge is 0.222 e. The van der Waals surface area contributed by atoms with E-state index in [4.69, 9.17) is 11.6 Å². The van der Waals surface area contributed by atoms with Gasteiger partial charge < -0.3 is 4.90 Å². The molecular weight excluding hydrogens is 370 g/mol. The number of sulfone groups is 1. The molecule has 3 rings (SSSR count). The molecule has 0 aliphatic carbocycles. The first kappa shape index (κ1) is 18.9. The summed E-state index contributed by atoms with van der Waals surface area (Å²) < 4.78 is 25.4. The summed E-state index contributed by atoms with van der Waals surface area (Å²) in [6.07, 6.45) is 2.03. The normalized spacial score (nSPS) is 15.8. The molecule has 1 aliphatic heterocycles. The standard InChI is InChI=1S/C20H22ClNO3S/c21-17-6-4-5-16(15-17)9-10-20(23)22-13-11-19(12-14-22)26(24,25)18-7-2-1-3-8-18/h1-8,15,19H,9-14H2. The average molecular weight is 392 g/mol. The molecule has 0 atom stereocenters. The van der Waals surface area contributed by atoms with E-state index in [9.17, 15) is 13.2 Å². The quantitative estimate of drug-likeness (QED) is 0.780. The Balaban J connectivity index is 1.54. The minimum Gasteiger partial charge on any atom is -0.343 e. The van der Waals surface area contributed by atoms with Crippen molar-refractivity contribution in [3.05, 3.63) is 65.2 Å². The van der Waals surface area contributed by atoms with Crippen LogP contribution in [0.5, 0.6) is 0 Å². The maximum atomic E-state index is 12.7. The van der Waals surface area contributed by atoms with Crippen LogP contribution in [0.2, 0.25) is 5.02 Å². The molecule has 0 N–H and O–H groups in total. The van der Waals surface area contributed by atoms with E-state index in [1.54, 1.807) is 35.2 Å². The molecule has 1 heterocycles. The summed E-state index contributed by atoms with van der Waals surface area (Å²) in [5.41, 5.74) is 1.03. The molecule has 2 aromatic rings. The van der Waals surface area contributed by atoms with Crippen molar-refractivity contribution in [3.8, 4) is 0 Å².